The number of amidine groups is 1. The molecular weight excluding hydrogens is 270 g/mol. The Labute approximate surface area is 123 Å². The lowest BCUT2D eigenvalue weighted by Gasteiger charge is -2.15. The molecule has 0 atom stereocenters. The van der Waals surface area contributed by atoms with Gasteiger partial charge < -0.3 is 4.90 Å². The molecule has 0 aromatic heterocycles. The largest absolute Gasteiger partial charge is 0.342 e. The maximum atomic E-state index is 12.0. The molecule has 0 saturated carbocycles. The number of nitriles is 1. The van der Waals surface area contributed by atoms with E-state index in [2.05, 4.69) is 17.1 Å². The van der Waals surface area contributed by atoms with Crippen LogP contribution in [0.25, 0.3) is 0 Å². The predicted octanol–water partition coefficient (Wildman–Crippen LogP) is 2.46. The first kappa shape index (κ1) is 14.6. The third-order valence-electron chi connectivity index (χ3n) is 3.14. The summed E-state index contributed by atoms with van der Waals surface area (Å²) in [5, 5.41) is 9.27. The van der Waals surface area contributed by atoms with Gasteiger partial charge in [-0.25, -0.2) is 0 Å². The maximum Gasteiger partial charge on any atom is 0.208 e. The minimum absolute atomic E-state index is 0.217. The Morgan fingerprint density at radius 1 is 1.40 bits per heavy atom. The second kappa shape index (κ2) is 7.71. The van der Waals surface area contributed by atoms with Crippen molar-refractivity contribution in [3.05, 3.63) is 35.9 Å². The fourth-order valence-electron chi connectivity index (χ4n) is 2.15. The summed E-state index contributed by atoms with van der Waals surface area (Å²) in [6.45, 7) is 1.18. The van der Waals surface area contributed by atoms with Crippen LogP contribution in [0.2, 0.25) is 0 Å². The highest BCUT2D eigenvalue weighted by Crippen LogP contribution is 2.17. The van der Waals surface area contributed by atoms with Crippen LogP contribution in [-0.2, 0) is 11.2 Å². The number of aryl methyl sites for hydroxylation is 1. The second-order valence-corrected chi connectivity index (χ2v) is 5.70. The van der Waals surface area contributed by atoms with E-state index in [1.165, 1.54) is 17.3 Å². The SMILES string of the molecule is N#CN=C1SCCN1CC(=O)CCCc1ccccc1. The lowest BCUT2D eigenvalue weighted by molar-refractivity contribution is -0.119. The van der Waals surface area contributed by atoms with Crippen molar-refractivity contribution < 1.29 is 4.79 Å². The first-order chi connectivity index (χ1) is 9.79. The molecule has 0 aliphatic carbocycles. The highest BCUT2D eigenvalue weighted by Gasteiger charge is 2.21. The van der Waals surface area contributed by atoms with E-state index in [1.54, 1.807) is 6.19 Å². The molecule has 0 spiro atoms. The summed E-state index contributed by atoms with van der Waals surface area (Å²) in [6.07, 6.45) is 4.17. The molecule has 0 bridgehead atoms. The van der Waals surface area contributed by atoms with Gasteiger partial charge in [0.2, 0.25) is 6.19 Å². The summed E-state index contributed by atoms with van der Waals surface area (Å²) < 4.78 is 0. The number of thioether (sulfide) groups is 1. The van der Waals surface area contributed by atoms with Crippen LogP contribution in [0.5, 0.6) is 0 Å². The third-order valence-corrected chi connectivity index (χ3v) is 4.13. The number of benzene rings is 1. The Morgan fingerprint density at radius 2 is 2.20 bits per heavy atom. The van der Waals surface area contributed by atoms with Crippen molar-refractivity contribution in [3.63, 3.8) is 0 Å². The highest BCUT2D eigenvalue weighted by atomic mass is 32.2. The molecule has 1 heterocycles. The maximum absolute atomic E-state index is 12.0. The molecule has 1 aromatic rings. The van der Waals surface area contributed by atoms with Crippen molar-refractivity contribution in [2.75, 3.05) is 18.8 Å². The Balaban J connectivity index is 1.73. The number of ketones is 1. The summed E-state index contributed by atoms with van der Waals surface area (Å²) in [4.78, 5) is 17.6. The van der Waals surface area contributed by atoms with Crippen LogP contribution in [-0.4, -0.2) is 34.7 Å². The molecule has 5 heteroatoms. The number of aliphatic imine (C=N–C) groups is 1. The molecule has 1 fully saturated rings. The topological polar surface area (TPSA) is 56.5 Å². The van der Waals surface area contributed by atoms with Crippen LogP contribution in [0.3, 0.4) is 0 Å². The van der Waals surface area contributed by atoms with Gasteiger partial charge in [-0.2, -0.15) is 5.26 Å². The normalized spacial score (nSPS) is 16.4. The number of nitrogens with zero attached hydrogens (tertiary/aromatic N) is 3. The summed E-state index contributed by atoms with van der Waals surface area (Å²) in [5.41, 5.74) is 1.27. The fourth-order valence-corrected chi connectivity index (χ4v) is 3.09. The van der Waals surface area contributed by atoms with Crippen molar-refractivity contribution in [3.8, 4) is 6.19 Å². The van der Waals surface area contributed by atoms with Gasteiger partial charge in [0, 0.05) is 18.7 Å². The van der Waals surface area contributed by atoms with Gasteiger partial charge in [-0.1, -0.05) is 42.1 Å². The summed E-state index contributed by atoms with van der Waals surface area (Å²) in [7, 11) is 0. The van der Waals surface area contributed by atoms with Crippen LogP contribution in [0.4, 0.5) is 0 Å². The lowest BCUT2D eigenvalue weighted by atomic mass is 10.1. The number of carbonyl (C=O) groups excluding carboxylic acids is 1. The summed E-state index contributed by atoms with van der Waals surface area (Å²) in [6, 6.07) is 10.2. The molecule has 1 saturated heterocycles. The fraction of sp³-hybridized carbons (Fsp3) is 0.400. The molecule has 104 valence electrons. The van der Waals surface area contributed by atoms with E-state index >= 15 is 0 Å². The lowest BCUT2D eigenvalue weighted by Crippen LogP contribution is -2.30. The zero-order valence-corrected chi connectivity index (χ0v) is 12.1. The van der Waals surface area contributed by atoms with Crippen LogP contribution in [0.15, 0.2) is 35.3 Å². The van der Waals surface area contributed by atoms with Crippen molar-refractivity contribution >= 4 is 22.7 Å². The number of carbonyl (C=O) groups is 1. The van der Waals surface area contributed by atoms with Gasteiger partial charge in [-0.05, 0) is 18.4 Å². The highest BCUT2D eigenvalue weighted by molar-refractivity contribution is 8.14. The average molecular weight is 287 g/mol. The van der Waals surface area contributed by atoms with E-state index in [4.69, 9.17) is 5.26 Å². The average Bonchev–Trinajstić information content (AvgIpc) is 2.88. The summed E-state index contributed by atoms with van der Waals surface area (Å²) >= 11 is 1.54. The standard InChI is InChI=1S/C15H17N3OS/c16-12-17-15-18(9-10-20-15)11-14(19)8-4-7-13-5-2-1-3-6-13/h1-3,5-6H,4,7-11H2. The summed E-state index contributed by atoms with van der Waals surface area (Å²) in [5.74, 6) is 1.12. The number of hydrogen-bond acceptors (Lipinski definition) is 4. The minimum atomic E-state index is 0.217. The van der Waals surface area contributed by atoms with Gasteiger partial charge in [0.15, 0.2) is 11.0 Å². The molecule has 1 aliphatic rings. The first-order valence-electron chi connectivity index (χ1n) is 6.70. The van der Waals surface area contributed by atoms with Gasteiger partial charge >= 0.3 is 0 Å². The van der Waals surface area contributed by atoms with Crippen molar-refractivity contribution in [1.82, 2.24) is 4.90 Å². The molecule has 1 aromatic carbocycles. The molecule has 0 radical (unpaired) electrons. The Morgan fingerprint density at radius 3 is 2.95 bits per heavy atom. The van der Waals surface area contributed by atoms with Gasteiger partial charge in [0.1, 0.15) is 0 Å². The van der Waals surface area contributed by atoms with Gasteiger partial charge in [0.05, 0.1) is 6.54 Å². The number of hydrogen-bond donors (Lipinski definition) is 0. The Hall–Kier alpha value is -1.80. The van der Waals surface area contributed by atoms with Gasteiger partial charge in [-0.15, -0.1) is 4.99 Å². The zero-order chi connectivity index (χ0) is 14.2. The van der Waals surface area contributed by atoms with Crippen LogP contribution in [0, 0.1) is 11.5 Å². The number of rotatable bonds is 6. The Kier molecular flexibility index (Phi) is 5.63. The molecule has 2 rings (SSSR count). The molecule has 1 aliphatic heterocycles. The molecular formula is C15H17N3OS. The monoisotopic (exact) mass is 287 g/mol. The first-order valence-corrected chi connectivity index (χ1v) is 7.68. The minimum Gasteiger partial charge on any atom is -0.342 e. The van der Waals surface area contributed by atoms with Crippen LogP contribution < -0.4 is 0 Å². The van der Waals surface area contributed by atoms with Crippen LogP contribution in [0.1, 0.15) is 18.4 Å². The predicted molar refractivity (Wildman–Crippen MR) is 81.5 cm³/mol. The van der Waals surface area contributed by atoms with E-state index < -0.39 is 0 Å². The van der Waals surface area contributed by atoms with E-state index in [0.29, 0.717) is 18.1 Å². The van der Waals surface area contributed by atoms with E-state index in [1.807, 2.05) is 23.1 Å². The third kappa shape index (κ3) is 4.39. The van der Waals surface area contributed by atoms with E-state index in [9.17, 15) is 4.79 Å². The molecule has 0 amide bonds. The zero-order valence-electron chi connectivity index (χ0n) is 11.3. The van der Waals surface area contributed by atoms with Crippen LogP contribution >= 0.6 is 11.8 Å². The second-order valence-electron chi connectivity index (χ2n) is 4.64. The molecule has 4 nitrogen and oxygen atoms in total. The van der Waals surface area contributed by atoms with Gasteiger partial charge in [0.25, 0.3) is 0 Å². The van der Waals surface area contributed by atoms with E-state index in [-0.39, 0.29) is 5.78 Å². The smallest absolute Gasteiger partial charge is 0.208 e. The molecule has 0 N–H and O–H groups in total. The van der Waals surface area contributed by atoms with Crippen molar-refractivity contribution in [1.29, 1.82) is 5.26 Å². The van der Waals surface area contributed by atoms with Crippen molar-refractivity contribution in [2.24, 2.45) is 4.99 Å². The molecule has 20 heavy (non-hydrogen) atoms. The van der Waals surface area contributed by atoms with Gasteiger partial charge in [-0.3, -0.25) is 4.79 Å². The van der Waals surface area contributed by atoms with E-state index in [0.717, 1.165) is 25.1 Å². The quantitative estimate of drug-likeness (QED) is 0.754. The Bertz CT molecular complexity index is 522. The number of Topliss-reactive ketones (excluding diaryl/α,β-unsaturated/α-hetero) is 1. The van der Waals surface area contributed by atoms with Crippen molar-refractivity contribution in [2.45, 2.75) is 19.3 Å². The molecule has 0 unspecified atom stereocenters.